The largest absolute Gasteiger partial charge is 0.772 e. The zero-order valence-corrected chi connectivity index (χ0v) is 8.82. The molecule has 6 nitrogen and oxygen atoms in total. The molecule has 0 N–H and O–H groups in total. The van der Waals surface area contributed by atoms with Crippen molar-refractivity contribution in [2.24, 2.45) is 0 Å². The molecule has 1 atom stereocenters. The molecule has 82 valence electrons. The Morgan fingerprint density at radius 2 is 2.13 bits per heavy atom. The number of nitrogens with zero attached hydrogens (tertiary/aromatic N) is 2. The maximum atomic E-state index is 10.9. The monoisotopic (exact) mass is 229 g/mol. The molecule has 1 unspecified atom stereocenters. The third-order valence-corrected chi connectivity index (χ3v) is 2.08. The summed E-state index contributed by atoms with van der Waals surface area (Å²) in [4.78, 5) is 18.5. The zero-order valence-electron chi connectivity index (χ0n) is 8.00. The number of carbonyl (C=O) groups is 1. The van der Waals surface area contributed by atoms with Gasteiger partial charge in [0, 0.05) is 12.4 Å². The standard InChI is InChI=1S/C8H10N2O4S/c1-14-8(11)2-6-3-9-7(10-4-6)5-15(12)13/h3-4H,2,5H2,1H3,(H,12,13)/p-1. The molecule has 0 fully saturated rings. The van der Waals surface area contributed by atoms with Gasteiger partial charge in [-0.25, -0.2) is 9.97 Å². The lowest BCUT2D eigenvalue weighted by molar-refractivity contribution is -0.139. The summed E-state index contributed by atoms with van der Waals surface area (Å²) < 4.78 is 25.1. The first-order valence-electron chi connectivity index (χ1n) is 4.04. The SMILES string of the molecule is COC(=O)Cc1cnc(CS(=O)[O-])nc1. The maximum Gasteiger partial charge on any atom is 0.310 e. The molecule has 0 aromatic carbocycles. The minimum absolute atomic E-state index is 0.0806. The van der Waals surface area contributed by atoms with Gasteiger partial charge in [-0.1, -0.05) is 0 Å². The van der Waals surface area contributed by atoms with E-state index in [-0.39, 0.29) is 18.0 Å². The molecule has 0 saturated heterocycles. The van der Waals surface area contributed by atoms with E-state index in [0.29, 0.717) is 5.56 Å². The predicted molar refractivity (Wildman–Crippen MR) is 50.4 cm³/mol. The first kappa shape index (κ1) is 11.7. The molecule has 0 spiro atoms. The summed E-state index contributed by atoms with van der Waals surface area (Å²) in [5.74, 6) is -0.408. The van der Waals surface area contributed by atoms with Crippen molar-refractivity contribution in [3.8, 4) is 0 Å². The topological polar surface area (TPSA) is 92.2 Å². The van der Waals surface area contributed by atoms with E-state index in [1.54, 1.807) is 0 Å². The lowest BCUT2D eigenvalue weighted by Crippen LogP contribution is -2.06. The number of ether oxygens (including phenoxy) is 1. The molecule has 7 heteroatoms. The van der Waals surface area contributed by atoms with E-state index in [4.69, 9.17) is 0 Å². The summed E-state index contributed by atoms with van der Waals surface area (Å²) in [5, 5.41) is 0. The molecule has 0 radical (unpaired) electrons. The Bertz CT molecular complexity index is 365. The number of hydrogen-bond acceptors (Lipinski definition) is 6. The average Bonchev–Trinajstić information content (AvgIpc) is 2.20. The van der Waals surface area contributed by atoms with Gasteiger partial charge < -0.3 is 9.29 Å². The van der Waals surface area contributed by atoms with E-state index in [2.05, 4.69) is 14.7 Å². The number of aromatic nitrogens is 2. The van der Waals surface area contributed by atoms with Crippen molar-refractivity contribution in [2.45, 2.75) is 12.2 Å². The Morgan fingerprint density at radius 1 is 1.53 bits per heavy atom. The second-order valence-electron chi connectivity index (χ2n) is 2.71. The Kier molecular flexibility index (Phi) is 4.32. The third-order valence-electron chi connectivity index (χ3n) is 1.58. The first-order valence-corrected chi connectivity index (χ1v) is 5.28. The van der Waals surface area contributed by atoms with Crippen LogP contribution in [0.15, 0.2) is 12.4 Å². The smallest absolute Gasteiger partial charge is 0.310 e. The normalized spacial score (nSPS) is 12.1. The fourth-order valence-electron chi connectivity index (χ4n) is 0.892. The summed E-state index contributed by atoms with van der Waals surface area (Å²) in [5.41, 5.74) is 0.585. The van der Waals surface area contributed by atoms with Crippen LogP contribution < -0.4 is 0 Å². The van der Waals surface area contributed by atoms with Crippen molar-refractivity contribution < 1.29 is 18.3 Å². The molecule has 0 amide bonds. The van der Waals surface area contributed by atoms with E-state index >= 15 is 0 Å². The van der Waals surface area contributed by atoms with Gasteiger partial charge in [0.15, 0.2) is 0 Å². The van der Waals surface area contributed by atoms with E-state index in [9.17, 15) is 13.6 Å². The number of esters is 1. The summed E-state index contributed by atoms with van der Waals surface area (Å²) in [6, 6.07) is 0. The van der Waals surface area contributed by atoms with Crippen LogP contribution in [0.2, 0.25) is 0 Å². The van der Waals surface area contributed by atoms with Crippen LogP contribution in [0.5, 0.6) is 0 Å². The van der Waals surface area contributed by atoms with Crippen LogP contribution in [-0.4, -0.2) is 31.8 Å². The van der Waals surface area contributed by atoms with Crippen LogP contribution in [0.1, 0.15) is 11.4 Å². The molecule has 0 aliphatic heterocycles. The lowest BCUT2D eigenvalue weighted by Gasteiger charge is -2.04. The van der Waals surface area contributed by atoms with E-state index in [1.165, 1.54) is 19.5 Å². The highest BCUT2D eigenvalue weighted by Crippen LogP contribution is 2.00. The average molecular weight is 229 g/mol. The minimum atomic E-state index is -2.20. The molecule has 1 aromatic rings. The van der Waals surface area contributed by atoms with Gasteiger partial charge in [-0.15, -0.1) is 0 Å². The second kappa shape index (κ2) is 5.52. The van der Waals surface area contributed by atoms with Crippen molar-refractivity contribution in [1.29, 1.82) is 0 Å². The van der Waals surface area contributed by atoms with Crippen molar-refractivity contribution in [1.82, 2.24) is 9.97 Å². The molecule has 0 saturated carbocycles. The van der Waals surface area contributed by atoms with Crippen molar-refractivity contribution >= 4 is 17.0 Å². The molecule has 1 aromatic heterocycles. The number of carbonyl (C=O) groups excluding carboxylic acids is 1. The molecule has 0 aliphatic rings. The quantitative estimate of drug-likeness (QED) is 0.514. The zero-order chi connectivity index (χ0) is 11.3. The summed E-state index contributed by atoms with van der Waals surface area (Å²) in [7, 11) is 1.29. The van der Waals surface area contributed by atoms with E-state index in [0.717, 1.165) is 0 Å². The second-order valence-corrected chi connectivity index (χ2v) is 3.60. The number of methoxy groups -OCH3 is 1. The third kappa shape index (κ3) is 4.13. The van der Waals surface area contributed by atoms with Crippen LogP contribution >= 0.6 is 0 Å². The van der Waals surface area contributed by atoms with Gasteiger partial charge in [-0.05, 0) is 16.6 Å². The Morgan fingerprint density at radius 3 is 2.60 bits per heavy atom. The van der Waals surface area contributed by atoms with Crippen LogP contribution in [0.25, 0.3) is 0 Å². The van der Waals surface area contributed by atoms with E-state index < -0.39 is 17.0 Å². The molecular weight excluding hydrogens is 220 g/mol. The molecule has 0 aliphatic carbocycles. The van der Waals surface area contributed by atoms with Crippen molar-refractivity contribution in [2.75, 3.05) is 7.11 Å². The molecule has 1 heterocycles. The van der Waals surface area contributed by atoms with Gasteiger partial charge in [0.05, 0.1) is 19.3 Å². The van der Waals surface area contributed by atoms with Gasteiger partial charge >= 0.3 is 5.97 Å². The van der Waals surface area contributed by atoms with Crippen LogP contribution in [0, 0.1) is 0 Å². The van der Waals surface area contributed by atoms with Gasteiger partial charge in [-0.2, -0.15) is 0 Å². The van der Waals surface area contributed by atoms with Crippen LogP contribution in [0.4, 0.5) is 0 Å². The van der Waals surface area contributed by atoms with Crippen molar-refractivity contribution in [3.63, 3.8) is 0 Å². The van der Waals surface area contributed by atoms with Gasteiger partial charge in [0.2, 0.25) is 0 Å². The fraction of sp³-hybridized carbons (Fsp3) is 0.375. The molecule has 1 rings (SSSR count). The minimum Gasteiger partial charge on any atom is -0.772 e. The van der Waals surface area contributed by atoms with Gasteiger partial charge in [0.1, 0.15) is 5.82 Å². The maximum absolute atomic E-state index is 10.9. The fourth-order valence-corrected chi connectivity index (χ4v) is 1.25. The Labute approximate surface area is 89.0 Å². The van der Waals surface area contributed by atoms with Crippen LogP contribution in [-0.2, 0) is 32.8 Å². The van der Waals surface area contributed by atoms with Gasteiger partial charge in [-0.3, -0.25) is 9.00 Å². The Balaban J connectivity index is 2.64. The molecule has 0 bridgehead atoms. The lowest BCUT2D eigenvalue weighted by atomic mass is 10.2. The van der Waals surface area contributed by atoms with Gasteiger partial charge in [0.25, 0.3) is 0 Å². The summed E-state index contributed by atoms with van der Waals surface area (Å²) >= 11 is -2.20. The highest BCUT2D eigenvalue weighted by atomic mass is 32.2. The van der Waals surface area contributed by atoms with Crippen LogP contribution in [0.3, 0.4) is 0 Å². The first-order chi connectivity index (χ1) is 7.11. The Hall–Kier alpha value is -1.34. The molecular formula is C8H9N2O4S-. The number of hydrogen-bond donors (Lipinski definition) is 0. The van der Waals surface area contributed by atoms with E-state index in [1.807, 2.05) is 0 Å². The highest BCUT2D eigenvalue weighted by molar-refractivity contribution is 7.78. The predicted octanol–water partition coefficient (Wildman–Crippen LogP) is -0.429. The number of rotatable bonds is 4. The highest BCUT2D eigenvalue weighted by Gasteiger charge is 2.04. The van der Waals surface area contributed by atoms with Crippen molar-refractivity contribution in [3.05, 3.63) is 23.8 Å². The molecule has 15 heavy (non-hydrogen) atoms. The summed E-state index contributed by atoms with van der Waals surface area (Å²) in [6.45, 7) is 0. The summed E-state index contributed by atoms with van der Waals surface area (Å²) in [6.07, 6.45) is 2.90.